The third-order valence-electron chi connectivity index (χ3n) is 5.85. The number of nitrogens with one attached hydrogen (secondary N) is 2. The van der Waals surface area contributed by atoms with Crippen molar-refractivity contribution in [3.05, 3.63) is 76.6 Å². The van der Waals surface area contributed by atoms with Crippen LogP contribution in [0.3, 0.4) is 0 Å². The summed E-state index contributed by atoms with van der Waals surface area (Å²) in [6.45, 7) is 5.86. The predicted molar refractivity (Wildman–Crippen MR) is 143 cm³/mol. The SMILES string of the molecule is Cn1c(C2=CCC(Cl)C=C2)nc2cc(NC(=O)c3cc(CNC(=O)C(C)(C)C)ccc3Cl)ccc21. The molecular weight excluding hydrogens is 483 g/mol. The summed E-state index contributed by atoms with van der Waals surface area (Å²) in [5.74, 6) is 0.445. The monoisotopic (exact) mass is 510 g/mol. The minimum atomic E-state index is -0.493. The van der Waals surface area contributed by atoms with E-state index >= 15 is 0 Å². The summed E-state index contributed by atoms with van der Waals surface area (Å²) in [6, 6.07) is 10.8. The predicted octanol–water partition coefficient (Wildman–Crippen LogP) is 6.09. The molecule has 0 radical (unpaired) electrons. The summed E-state index contributed by atoms with van der Waals surface area (Å²) < 4.78 is 2.03. The molecule has 0 bridgehead atoms. The second kappa shape index (κ2) is 9.88. The quantitative estimate of drug-likeness (QED) is 0.407. The van der Waals surface area contributed by atoms with Crippen LogP contribution in [0.25, 0.3) is 16.6 Å². The first kappa shape index (κ1) is 25.0. The van der Waals surface area contributed by atoms with E-state index in [0.717, 1.165) is 34.4 Å². The highest BCUT2D eigenvalue weighted by Gasteiger charge is 2.21. The Morgan fingerprint density at radius 1 is 1.17 bits per heavy atom. The van der Waals surface area contributed by atoms with Crippen LogP contribution < -0.4 is 10.6 Å². The molecule has 8 heteroatoms. The number of rotatable bonds is 5. The molecule has 0 saturated carbocycles. The molecular formula is C27H28Cl2N4O2. The largest absolute Gasteiger partial charge is 0.352 e. The van der Waals surface area contributed by atoms with Crippen LogP contribution in [0.15, 0.2) is 54.6 Å². The lowest BCUT2D eigenvalue weighted by atomic mass is 9.95. The summed E-state index contributed by atoms with van der Waals surface area (Å²) in [5, 5.41) is 6.15. The van der Waals surface area contributed by atoms with Gasteiger partial charge in [-0.15, -0.1) is 11.6 Å². The maximum absolute atomic E-state index is 13.0. The fourth-order valence-corrected chi connectivity index (χ4v) is 4.16. The Morgan fingerprint density at radius 2 is 1.94 bits per heavy atom. The van der Waals surface area contributed by atoms with Gasteiger partial charge in [-0.05, 0) is 42.3 Å². The molecule has 2 N–H and O–H groups in total. The second-order valence-corrected chi connectivity index (χ2v) is 10.6. The average Bonchev–Trinajstić information content (AvgIpc) is 3.13. The number of carbonyl (C=O) groups excluding carboxylic acids is 2. The Hall–Kier alpha value is -3.09. The molecule has 2 amide bonds. The summed E-state index contributed by atoms with van der Waals surface area (Å²) in [5.41, 5.74) is 3.99. The van der Waals surface area contributed by atoms with Gasteiger partial charge in [-0.25, -0.2) is 4.98 Å². The molecule has 1 heterocycles. The molecule has 35 heavy (non-hydrogen) atoms. The van der Waals surface area contributed by atoms with Crippen molar-refractivity contribution in [3.8, 4) is 0 Å². The highest BCUT2D eigenvalue weighted by atomic mass is 35.5. The van der Waals surface area contributed by atoms with E-state index < -0.39 is 5.41 Å². The fourth-order valence-electron chi connectivity index (χ4n) is 3.80. The Balaban J connectivity index is 1.52. The number of allylic oxidation sites excluding steroid dienone is 4. The summed E-state index contributed by atoms with van der Waals surface area (Å²) >= 11 is 12.5. The number of hydrogen-bond donors (Lipinski definition) is 2. The Kier molecular flexibility index (Phi) is 7.06. The van der Waals surface area contributed by atoms with Crippen molar-refractivity contribution < 1.29 is 9.59 Å². The van der Waals surface area contributed by atoms with Gasteiger partial charge in [0.25, 0.3) is 5.91 Å². The van der Waals surface area contributed by atoms with Crippen molar-refractivity contribution in [2.75, 3.05) is 5.32 Å². The Bertz CT molecular complexity index is 1370. The van der Waals surface area contributed by atoms with Gasteiger partial charge in [0.05, 0.1) is 27.0 Å². The van der Waals surface area contributed by atoms with E-state index in [2.05, 4.69) is 16.7 Å². The number of aromatic nitrogens is 2. The molecule has 0 spiro atoms. The van der Waals surface area contributed by atoms with E-state index in [-0.39, 0.29) is 17.2 Å². The van der Waals surface area contributed by atoms with Gasteiger partial charge in [0.15, 0.2) is 0 Å². The number of alkyl halides is 1. The lowest BCUT2D eigenvalue weighted by Crippen LogP contribution is -2.34. The molecule has 6 nitrogen and oxygen atoms in total. The number of halogens is 2. The van der Waals surface area contributed by atoms with Gasteiger partial charge < -0.3 is 15.2 Å². The zero-order chi connectivity index (χ0) is 25.3. The first-order valence-electron chi connectivity index (χ1n) is 11.4. The molecule has 0 fully saturated rings. The van der Waals surface area contributed by atoms with Crippen molar-refractivity contribution in [1.29, 1.82) is 0 Å². The van der Waals surface area contributed by atoms with Crippen LogP contribution in [0.5, 0.6) is 0 Å². The lowest BCUT2D eigenvalue weighted by molar-refractivity contribution is -0.128. The van der Waals surface area contributed by atoms with Gasteiger partial charge in [-0.1, -0.05) is 56.7 Å². The smallest absolute Gasteiger partial charge is 0.257 e. The molecule has 4 rings (SSSR count). The molecule has 1 atom stereocenters. The van der Waals surface area contributed by atoms with Crippen LogP contribution in [-0.4, -0.2) is 26.7 Å². The highest BCUT2D eigenvalue weighted by Crippen LogP contribution is 2.28. The Labute approximate surface area is 215 Å². The standard InChI is InChI=1S/C27H28Cl2N4O2/c1-27(2,3)26(35)30-15-16-5-11-21(29)20(13-16)25(34)31-19-10-12-23-22(14-19)32-24(33(23)4)17-6-8-18(28)9-7-17/h5-8,10-14,18H,9,15H2,1-4H3,(H,30,35)(H,31,34). The normalized spacial score (nSPS) is 15.7. The first-order chi connectivity index (χ1) is 16.5. The van der Waals surface area contributed by atoms with Gasteiger partial charge in [0.1, 0.15) is 5.82 Å². The van der Waals surface area contributed by atoms with Crippen molar-refractivity contribution in [1.82, 2.24) is 14.9 Å². The number of hydrogen-bond acceptors (Lipinski definition) is 3. The van der Waals surface area contributed by atoms with Crippen molar-refractivity contribution >= 4 is 57.3 Å². The molecule has 182 valence electrons. The van der Waals surface area contributed by atoms with Gasteiger partial charge in [-0.3, -0.25) is 9.59 Å². The molecule has 3 aromatic rings. The van der Waals surface area contributed by atoms with Crippen molar-refractivity contribution in [2.45, 2.75) is 39.1 Å². The van der Waals surface area contributed by atoms with Gasteiger partial charge in [0.2, 0.25) is 5.91 Å². The molecule has 0 saturated heterocycles. The summed E-state index contributed by atoms with van der Waals surface area (Å²) in [7, 11) is 1.97. The highest BCUT2D eigenvalue weighted by molar-refractivity contribution is 6.34. The van der Waals surface area contributed by atoms with E-state index in [1.165, 1.54) is 0 Å². The molecule has 0 aliphatic heterocycles. The second-order valence-electron chi connectivity index (χ2n) is 9.67. The van der Waals surface area contributed by atoms with Crippen LogP contribution in [0, 0.1) is 5.41 Å². The third-order valence-corrected chi connectivity index (χ3v) is 6.51. The molecule has 1 aliphatic rings. The van der Waals surface area contributed by atoms with Crippen LogP contribution >= 0.6 is 23.2 Å². The minimum Gasteiger partial charge on any atom is -0.352 e. The van der Waals surface area contributed by atoms with Crippen LogP contribution in [-0.2, 0) is 18.4 Å². The maximum atomic E-state index is 13.0. The lowest BCUT2D eigenvalue weighted by Gasteiger charge is -2.18. The number of fused-ring (bicyclic) bond motifs is 1. The molecule has 1 unspecified atom stereocenters. The van der Waals surface area contributed by atoms with Gasteiger partial charge in [-0.2, -0.15) is 0 Å². The van der Waals surface area contributed by atoms with Crippen LogP contribution in [0.1, 0.15) is 48.9 Å². The zero-order valence-corrected chi connectivity index (χ0v) is 21.7. The van der Waals surface area contributed by atoms with E-state index in [1.54, 1.807) is 18.2 Å². The minimum absolute atomic E-state index is 0.00957. The fraction of sp³-hybridized carbons (Fsp3) is 0.296. The zero-order valence-electron chi connectivity index (χ0n) is 20.2. The van der Waals surface area contributed by atoms with Crippen molar-refractivity contribution in [3.63, 3.8) is 0 Å². The summed E-state index contributed by atoms with van der Waals surface area (Å²) in [6.07, 6.45) is 6.80. The van der Waals surface area contributed by atoms with E-state index in [1.807, 2.05) is 62.7 Å². The van der Waals surface area contributed by atoms with Crippen molar-refractivity contribution in [2.24, 2.45) is 12.5 Å². The van der Waals surface area contributed by atoms with Gasteiger partial charge in [0, 0.05) is 30.3 Å². The number of carbonyl (C=O) groups is 2. The number of anilines is 1. The average molecular weight is 511 g/mol. The van der Waals surface area contributed by atoms with Gasteiger partial charge >= 0.3 is 0 Å². The third kappa shape index (κ3) is 5.60. The Morgan fingerprint density at radius 3 is 2.63 bits per heavy atom. The molecule has 1 aromatic heterocycles. The van der Waals surface area contributed by atoms with Crippen LogP contribution in [0.2, 0.25) is 5.02 Å². The number of imidazole rings is 1. The van der Waals surface area contributed by atoms with E-state index in [0.29, 0.717) is 22.8 Å². The number of aryl methyl sites for hydroxylation is 1. The van der Waals surface area contributed by atoms with Crippen LogP contribution in [0.4, 0.5) is 5.69 Å². The number of nitrogens with zero attached hydrogens (tertiary/aromatic N) is 2. The summed E-state index contributed by atoms with van der Waals surface area (Å²) in [4.78, 5) is 30.0. The maximum Gasteiger partial charge on any atom is 0.257 e. The van der Waals surface area contributed by atoms with E-state index in [4.69, 9.17) is 28.2 Å². The molecule has 1 aliphatic carbocycles. The van der Waals surface area contributed by atoms with E-state index in [9.17, 15) is 9.59 Å². The topological polar surface area (TPSA) is 76.0 Å². The first-order valence-corrected chi connectivity index (χ1v) is 12.2. The number of benzene rings is 2. The molecule has 2 aromatic carbocycles. The number of amides is 2.